The van der Waals surface area contributed by atoms with Crippen LogP contribution < -0.4 is 10.6 Å². The molecule has 0 aliphatic carbocycles. The van der Waals surface area contributed by atoms with Crippen molar-refractivity contribution in [2.75, 3.05) is 5.32 Å². The van der Waals surface area contributed by atoms with Crippen molar-refractivity contribution in [1.82, 2.24) is 35.2 Å². The lowest BCUT2D eigenvalue weighted by molar-refractivity contribution is 0.0902. The number of rotatable bonds is 6. The van der Waals surface area contributed by atoms with Gasteiger partial charge >= 0.3 is 0 Å². The molecular weight excluding hydrogens is 451 g/mol. The number of carbonyl (C=O) groups excluding carboxylic acids is 1. The van der Waals surface area contributed by atoms with Gasteiger partial charge in [0, 0.05) is 24.7 Å². The smallest absolute Gasteiger partial charge is 0.290 e. The third-order valence-corrected chi connectivity index (χ3v) is 5.52. The van der Waals surface area contributed by atoms with Crippen LogP contribution in [0, 0.1) is 12.7 Å². The summed E-state index contributed by atoms with van der Waals surface area (Å²) in [6.07, 6.45) is 4.71. The number of aromatic nitrogens is 6. The first-order valence-corrected chi connectivity index (χ1v) is 11.0. The molecule has 0 aliphatic heterocycles. The van der Waals surface area contributed by atoms with Crippen molar-refractivity contribution in [3.05, 3.63) is 65.3 Å². The van der Waals surface area contributed by atoms with E-state index in [1.807, 2.05) is 20.8 Å². The first kappa shape index (κ1) is 24.0. The summed E-state index contributed by atoms with van der Waals surface area (Å²) in [7, 11) is 1.79. The van der Waals surface area contributed by atoms with Gasteiger partial charge in [-0.25, -0.2) is 14.4 Å². The van der Waals surface area contributed by atoms with E-state index in [9.17, 15) is 4.79 Å². The van der Waals surface area contributed by atoms with Crippen molar-refractivity contribution >= 4 is 17.5 Å². The molecule has 0 radical (unpaired) electrons. The molecule has 0 saturated carbocycles. The highest BCUT2D eigenvalue weighted by atomic mass is 19.1. The van der Waals surface area contributed by atoms with Crippen LogP contribution in [0.25, 0.3) is 11.4 Å². The largest absolute Gasteiger partial charge is 0.351 e. The van der Waals surface area contributed by atoms with E-state index in [2.05, 4.69) is 35.8 Å². The molecule has 2 N–H and O–H groups in total. The number of carbonyl (C=O) groups is 1. The second-order valence-electron chi connectivity index (χ2n) is 9.32. The number of nitrogens with one attached hydrogen (secondary N) is 2. The SMILES string of the molecule is Cc1c(C(C)NC(=O)c2cc(C(C)(C)C)no2)ccc(-c2ncnc(Nc3cnn(C)c3)n2)c1F. The average Bonchev–Trinajstić information content (AvgIpc) is 3.45. The molecule has 182 valence electrons. The predicted octanol–water partition coefficient (Wildman–Crippen LogP) is 4.24. The molecule has 3 heterocycles. The Balaban J connectivity index is 1.53. The molecule has 1 amide bonds. The van der Waals surface area contributed by atoms with Crippen LogP contribution in [0.2, 0.25) is 0 Å². The van der Waals surface area contributed by atoms with E-state index in [0.717, 1.165) is 0 Å². The molecule has 0 fully saturated rings. The summed E-state index contributed by atoms with van der Waals surface area (Å²) >= 11 is 0. The summed E-state index contributed by atoms with van der Waals surface area (Å²) in [6, 6.07) is 4.49. The standard InChI is InChI=1S/C24H27FN8O2/c1-13-16(14(2)29-22(34)18-9-19(32-35-18)24(3,4)5)7-8-17(20(13)25)21-26-12-27-23(31-21)30-15-10-28-33(6)11-15/h7-12,14H,1-6H3,(H,29,34)(H,26,27,30,31). The van der Waals surface area contributed by atoms with Crippen molar-refractivity contribution in [3.63, 3.8) is 0 Å². The van der Waals surface area contributed by atoms with Crippen LogP contribution in [0.1, 0.15) is 61.1 Å². The number of anilines is 2. The van der Waals surface area contributed by atoms with Crippen LogP contribution in [0.4, 0.5) is 16.0 Å². The predicted molar refractivity (Wildman–Crippen MR) is 128 cm³/mol. The van der Waals surface area contributed by atoms with Gasteiger partial charge in [0.15, 0.2) is 5.82 Å². The van der Waals surface area contributed by atoms with E-state index in [-0.39, 0.29) is 28.5 Å². The van der Waals surface area contributed by atoms with E-state index >= 15 is 4.39 Å². The zero-order chi connectivity index (χ0) is 25.3. The number of amides is 1. The Labute approximate surface area is 202 Å². The molecule has 0 aliphatic rings. The maximum atomic E-state index is 15.4. The van der Waals surface area contributed by atoms with Crippen molar-refractivity contribution in [2.45, 2.75) is 46.1 Å². The van der Waals surface area contributed by atoms with Gasteiger partial charge in [-0.2, -0.15) is 10.1 Å². The van der Waals surface area contributed by atoms with Crippen molar-refractivity contribution in [2.24, 2.45) is 7.05 Å². The summed E-state index contributed by atoms with van der Waals surface area (Å²) in [4.78, 5) is 25.2. The van der Waals surface area contributed by atoms with Crippen molar-refractivity contribution in [3.8, 4) is 11.4 Å². The maximum absolute atomic E-state index is 15.4. The number of halogens is 1. The number of nitrogens with zero attached hydrogens (tertiary/aromatic N) is 6. The average molecular weight is 479 g/mol. The molecule has 35 heavy (non-hydrogen) atoms. The van der Waals surface area contributed by atoms with Crippen LogP contribution in [0.5, 0.6) is 0 Å². The zero-order valence-electron chi connectivity index (χ0n) is 20.4. The molecular formula is C24H27FN8O2. The molecule has 1 unspecified atom stereocenters. The lowest BCUT2D eigenvalue weighted by atomic mass is 9.92. The molecule has 4 rings (SSSR count). The minimum absolute atomic E-state index is 0.107. The van der Waals surface area contributed by atoms with Gasteiger partial charge < -0.3 is 15.2 Å². The van der Waals surface area contributed by atoms with Gasteiger partial charge in [-0.1, -0.05) is 32.0 Å². The summed E-state index contributed by atoms with van der Waals surface area (Å²) in [6.45, 7) is 9.37. The van der Waals surface area contributed by atoms with Gasteiger partial charge in [0.05, 0.1) is 29.2 Å². The van der Waals surface area contributed by atoms with Crippen molar-refractivity contribution < 1.29 is 13.7 Å². The van der Waals surface area contributed by atoms with Gasteiger partial charge in [-0.3, -0.25) is 9.48 Å². The highest BCUT2D eigenvalue weighted by molar-refractivity contribution is 5.91. The summed E-state index contributed by atoms with van der Waals surface area (Å²) in [5.74, 6) is -0.335. The van der Waals surface area contributed by atoms with E-state index in [4.69, 9.17) is 4.52 Å². The molecule has 0 bridgehead atoms. The van der Waals surface area contributed by atoms with E-state index in [0.29, 0.717) is 22.5 Å². The lowest BCUT2D eigenvalue weighted by Crippen LogP contribution is -2.27. The Morgan fingerprint density at radius 3 is 2.66 bits per heavy atom. The number of aryl methyl sites for hydroxylation is 1. The highest BCUT2D eigenvalue weighted by Crippen LogP contribution is 2.28. The molecule has 11 heteroatoms. The molecule has 0 saturated heterocycles. The fourth-order valence-electron chi connectivity index (χ4n) is 3.52. The molecule has 0 spiro atoms. The van der Waals surface area contributed by atoms with Gasteiger partial charge in [0.2, 0.25) is 11.7 Å². The minimum Gasteiger partial charge on any atom is -0.351 e. The van der Waals surface area contributed by atoms with Gasteiger partial charge in [0.1, 0.15) is 12.1 Å². The van der Waals surface area contributed by atoms with Gasteiger partial charge in [-0.05, 0) is 31.0 Å². The number of hydrogen-bond acceptors (Lipinski definition) is 8. The topological polar surface area (TPSA) is 124 Å². The molecule has 10 nitrogen and oxygen atoms in total. The van der Waals surface area contributed by atoms with Crippen molar-refractivity contribution in [1.29, 1.82) is 0 Å². The third-order valence-electron chi connectivity index (χ3n) is 5.52. The van der Waals surface area contributed by atoms with Gasteiger partial charge in [-0.15, -0.1) is 0 Å². The number of hydrogen-bond donors (Lipinski definition) is 2. The summed E-state index contributed by atoms with van der Waals surface area (Å²) < 4.78 is 22.2. The molecule has 4 aromatic rings. The summed E-state index contributed by atoms with van der Waals surface area (Å²) in [5, 5.41) is 13.9. The Morgan fingerprint density at radius 1 is 1.23 bits per heavy atom. The third kappa shape index (κ3) is 5.18. The van der Waals surface area contributed by atoms with Crippen LogP contribution in [-0.2, 0) is 12.5 Å². The molecule has 3 aromatic heterocycles. The zero-order valence-corrected chi connectivity index (χ0v) is 20.4. The fraction of sp³-hybridized carbons (Fsp3) is 0.333. The Kier molecular flexibility index (Phi) is 6.33. The van der Waals surface area contributed by atoms with E-state index < -0.39 is 17.8 Å². The Bertz CT molecular complexity index is 1370. The number of benzene rings is 1. The monoisotopic (exact) mass is 478 g/mol. The summed E-state index contributed by atoms with van der Waals surface area (Å²) in [5.41, 5.74) is 2.36. The Morgan fingerprint density at radius 2 is 2.00 bits per heavy atom. The minimum atomic E-state index is -0.476. The lowest BCUT2D eigenvalue weighted by Gasteiger charge is -2.17. The van der Waals surface area contributed by atoms with Crippen LogP contribution in [0.15, 0.2) is 41.4 Å². The molecule has 1 aromatic carbocycles. The van der Waals surface area contributed by atoms with E-state index in [1.165, 1.54) is 6.33 Å². The van der Waals surface area contributed by atoms with Crippen LogP contribution >= 0.6 is 0 Å². The fourth-order valence-corrected chi connectivity index (χ4v) is 3.52. The van der Waals surface area contributed by atoms with Crippen LogP contribution in [0.3, 0.4) is 0 Å². The van der Waals surface area contributed by atoms with E-state index in [1.54, 1.807) is 56.2 Å². The normalized spacial score (nSPS) is 12.4. The quantitative estimate of drug-likeness (QED) is 0.422. The first-order chi connectivity index (χ1) is 16.5. The molecule has 1 atom stereocenters. The van der Waals surface area contributed by atoms with Gasteiger partial charge in [0.25, 0.3) is 5.91 Å². The second kappa shape index (κ2) is 9.24. The maximum Gasteiger partial charge on any atom is 0.290 e. The highest BCUT2D eigenvalue weighted by Gasteiger charge is 2.24. The van der Waals surface area contributed by atoms with Crippen LogP contribution in [-0.4, -0.2) is 35.8 Å². The Hall–Kier alpha value is -4.15. The second-order valence-corrected chi connectivity index (χ2v) is 9.32. The first-order valence-electron chi connectivity index (χ1n) is 11.0.